The van der Waals surface area contributed by atoms with Crippen LogP contribution in [0.3, 0.4) is 0 Å². The van der Waals surface area contributed by atoms with Crippen LogP contribution in [0.4, 0.5) is 0 Å². The maximum absolute atomic E-state index is 6.02. The number of hydrogen-bond acceptors (Lipinski definition) is 4. The van der Waals surface area contributed by atoms with Crippen molar-refractivity contribution in [2.75, 3.05) is 6.54 Å². The third kappa shape index (κ3) is 4.41. The van der Waals surface area contributed by atoms with Crippen molar-refractivity contribution in [2.24, 2.45) is 0 Å². The molecule has 0 aliphatic carbocycles. The molecule has 0 radical (unpaired) electrons. The van der Waals surface area contributed by atoms with Crippen LogP contribution < -0.4 is 10.1 Å². The van der Waals surface area contributed by atoms with E-state index >= 15 is 0 Å². The summed E-state index contributed by atoms with van der Waals surface area (Å²) in [5.41, 5.74) is 2.87. The van der Waals surface area contributed by atoms with Crippen molar-refractivity contribution >= 4 is 11.6 Å². The van der Waals surface area contributed by atoms with Gasteiger partial charge in [0, 0.05) is 11.6 Å². The Bertz CT molecular complexity index is 576. The van der Waals surface area contributed by atoms with Gasteiger partial charge in [0.15, 0.2) is 0 Å². The molecule has 21 heavy (non-hydrogen) atoms. The molecule has 0 saturated carbocycles. The van der Waals surface area contributed by atoms with Gasteiger partial charge in [-0.25, -0.2) is 4.98 Å². The molecule has 0 atom stereocenters. The molecule has 0 aliphatic rings. The van der Waals surface area contributed by atoms with Gasteiger partial charge in [0.1, 0.15) is 5.75 Å². The lowest BCUT2D eigenvalue weighted by Gasteiger charge is -2.11. The van der Waals surface area contributed by atoms with E-state index in [4.69, 9.17) is 16.3 Å². The number of aryl methyl sites for hydroxylation is 2. The summed E-state index contributed by atoms with van der Waals surface area (Å²) in [4.78, 5) is 8.65. The topological polar surface area (TPSA) is 47.0 Å². The molecule has 0 aliphatic heterocycles. The fourth-order valence-corrected chi connectivity index (χ4v) is 2.37. The third-order valence-corrected chi connectivity index (χ3v) is 3.26. The smallest absolute Gasteiger partial charge is 0.237 e. The lowest BCUT2D eigenvalue weighted by molar-refractivity contribution is 0.452. The van der Waals surface area contributed by atoms with E-state index in [1.807, 2.05) is 26.0 Å². The minimum atomic E-state index is 0.489. The highest BCUT2D eigenvalue weighted by Crippen LogP contribution is 2.30. The zero-order valence-electron chi connectivity index (χ0n) is 12.6. The van der Waals surface area contributed by atoms with Crippen LogP contribution in [0.2, 0.25) is 5.02 Å². The summed E-state index contributed by atoms with van der Waals surface area (Å²) in [5.74, 6) is 1.27. The number of halogens is 1. The van der Waals surface area contributed by atoms with Crippen LogP contribution in [0, 0.1) is 13.8 Å². The molecular formula is C16H20ClN3O. The van der Waals surface area contributed by atoms with E-state index in [-0.39, 0.29) is 0 Å². The maximum Gasteiger partial charge on any atom is 0.237 e. The number of nitrogens with one attached hydrogen (secondary N) is 1. The Morgan fingerprint density at radius 1 is 1.14 bits per heavy atom. The van der Waals surface area contributed by atoms with E-state index in [1.54, 1.807) is 12.4 Å². The van der Waals surface area contributed by atoms with Gasteiger partial charge in [-0.15, -0.1) is 0 Å². The summed E-state index contributed by atoms with van der Waals surface area (Å²) in [6.07, 6.45) is 4.48. The molecule has 0 amide bonds. The lowest BCUT2D eigenvalue weighted by atomic mass is 10.1. The van der Waals surface area contributed by atoms with Gasteiger partial charge in [0.25, 0.3) is 0 Å². The second kappa shape index (κ2) is 7.38. The van der Waals surface area contributed by atoms with Crippen LogP contribution in [0.1, 0.15) is 30.2 Å². The van der Waals surface area contributed by atoms with E-state index in [1.165, 1.54) is 0 Å². The van der Waals surface area contributed by atoms with Gasteiger partial charge in [-0.05, 0) is 50.1 Å². The van der Waals surface area contributed by atoms with Crippen LogP contribution in [0.5, 0.6) is 11.6 Å². The predicted octanol–water partition coefficient (Wildman–Crippen LogP) is 4.04. The Balaban J connectivity index is 2.07. The van der Waals surface area contributed by atoms with Crippen molar-refractivity contribution in [1.82, 2.24) is 15.3 Å². The van der Waals surface area contributed by atoms with Crippen LogP contribution >= 0.6 is 11.6 Å². The van der Waals surface area contributed by atoms with E-state index in [0.717, 1.165) is 42.1 Å². The molecule has 4 nitrogen and oxygen atoms in total. The van der Waals surface area contributed by atoms with Gasteiger partial charge in [-0.1, -0.05) is 18.5 Å². The number of rotatable bonds is 6. The molecule has 5 heteroatoms. The van der Waals surface area contributed by atoms with Gasteiger partial charge in [0.05, 0.1) is 18.1 Å². The summed E-state index contributed by atoms with van der Waals surface area (Å²) in [6.45, 7) is 7.75. The van der Waals surface area contributed by atoms with Crippen molar-refractivity contribution in [2.45, 2.75) is 33.7 Å². The van der Waals surface area contributed by atoms with Gasteiger partial charge >= 0.3 is 0 Å². The first kappa shape index (κ1) is 15.7. The first-order valence-electron chi connectivity index (χ1n) is 7.06. The van der Waals surface area contributed by atoms with Crippen molar-refractivity contribution in [3.63, 3.8) is 0 Å². The fourth-order valence-electron chi connectivity index (χ4n) is 2.04. The van der Waals surface area contributed by atoms with E-state index in [0.29, 0.717) is 10.9 Å². The second-order valence-electron chi connectivity index (χ2n) is 4.99. The molecule has 0 saturated heterocycles. The Morgan fingerprint density at radius 2 is 1.86 bits per heavy atom. The van der Waals surface area contributed by atoms with Crippen molar-refractivity contribution in [3.05, 3.63) is 46.4 Å². The zero-order valence-corrected chi connectivity index (χ0v) is 13.4. The molecule has 1 N–H and O–H groups in total. The van der Waals surface area contributed by atoms with Crippen LogP contribution in [0.15, 0.2) is 24.5 Å². The molecule has 1 aromatic heterocycles. The zero-order chi connectivity index (χ0) is 15.2. The third-order valence-electron chi connectivity index (χ3n) is 3.05. The molecule has 0 fully saturated rings. The second-order valence-corrected chi connectivity index (χ2v) is 5.43. The normalized spacial score (nSPS) is 10.7. The molecule has 1 heterocycles. The van der Waals surface area contributed by atoms with Crippen molar-refractivity contribution in [1.29, 1.82) is 0 Å². The molecular weight excluding hydrogens is 286 g/mol. The predicted molar refractivity (Wildman–Crippen MR) is 85.0 cm³/mol. The first-order valence-corrected chi connectivity index (χ1v) is 7.44. The van der Waals surface area contributed by atoms with E-state index < -0.39 is 0 Å². The number of ether oxygens (including phenoxy) is 1. The quantitative estimate of drug-likeness (QED) is 0.818. The minimum absolute atomic E-state index is 0.489. The van der Waals surface area contributed by atoms with Gasteiger partial charge in [-0.3, -0.25) is 4.98 Å². The summed E-state index contributed by atoms with van der Waals surface area (Å²) in [5, 5.41) is 4.00. The highest BCUT2D eigenvalue weighted by atomic mass is 35.5. The highest BCUT2D eigenvalue weighted by molar-refractivity contribution is 6.30. The van der Waals surface area contributed by atoms with Gasteiger partial charge in [0.2, 0.25) is 5.88 Å². The largest absolute Gasteiger partial charge is 0.437 e. The van der Waals surface area contributed by atoms with E-state index in [2.05, 4.69) is 22.2 Å². The average Bonchev–Trinajstić information content (AvgIpc) is 2.44. The Labute approximate surface area is 130 Å². The number of aromatic nitrogens is 2. The molecule has 1 aromatic carbocycles. The Kier molecular flexibility index (Phi) is 5.53. The van der Waals surface area contributed by atoms with Gasteiger partial charge < -0.3 is 10.1 Å². The summed E-state index contributed by atoms with van der Waals surface area (Å²) in [7, 11) is 0. The molecule has 0 unspecified atom stereocenters. The Morgan fingerprint density at radius 3 is 2.43 bits per heavy atom. The molecule has 2 aromatic rings. The highest BCUT2D eigenvalue weighted by Gasteiger charge is 2.08. The first-order chi connectivity index (χ1) is 10.1. The van der Waals surface area contributed by atoms with Crippen LogP contribution in [-0.4, -0.2) is 16.5 Å². The molecule has 2 rings (SSSR count). The molecule has 0 bridgehead atoms. The van der Waals surface area contributed by atoms with E-state index in [9.17, 15) is 0 Å². The standard InChI is InChI=1S/C16H20ClN3O/c1-4-5-18-8-14-9-20-15(10-19-14)21-16-11(2)6-13(17)7-12(16)3/h6-7,9-10,18H,4-5,8H2,1-3H3. The number of hydrogen-bond donors (Lipinski definition) is 1. The summed E-state index contributed by atoms with van der Waals surface area (Å²) in [6, 6.07) is 3.75. The molecule has 0 spiro atoms. The molecule has 112 valence electrons. The van der Waals surface area contributed by atoms with Gasteiger partial charge in [-0.2, -0.15) is 0 Å². The average molecular weight is 306 g/mol. The fraction of sp³-hybridized carbons (Fsp3) is 0.375. The SMILES string of the molecule is CCCNCc1cnc(Oc2c(C)cc(Cl)cc2C)cn1. The summed E-state index contributed by atoms with van der Waals surface area (Å²) < 4.78 is 5.82. The maximum atomic E-state index is 6.02. The monoisotopic (exact) mass is 305 g/mol. The lowest BCUT2D eigenvalue weighted by Crippen LogP contribution is -2.14. The number of benzene rings is 1. The minimum Gasteiger partial charge on any atom is -0.437 e. The van der Waals surface area contributed by atoms with Crippen molar-refractivity contribution < 1.29 is 4.74 Å². The Hall–Kier alpha value is -1.65. The van der Waals surface area contributed by atoms with Crippen LogP contribution in [-0.2, 0) is 6.54 Å². The van der Waals surface area contributed by atoms with Crippen molar-refractivity contribution in [3.8, 4) is 11.6 Å². The van der Waals surface area contributed by atoms with Crippen LogP contribution in [0.25, 0.3) is 0 Å². The summed E-state index contributed by atoms with van der Waals surface area (Å²) >= 11 is 6.02. The number of nitrogens with zero attached hydrogens (tertiary/aromatic N) is 2.